The van der Waals surface area contributed by atoms with Crippen LogP contribution in [0, 0.1) is 23.3 Å². The number of hydrogen-bond acceptors (Lipinski definition) is 5. The molecule has 24 heavy (non-hydrogen) atoms. The van der Waals surface area contributed by atoms with Crippen molar-refractivity contribution >= 4 is 14.9 Å². The Bertz CT molecular complexity index is 793. The van der Waals surface area contributed by atoms with E-state index >= 15 is 0 Å². The summed E-state index contributed by atoms with van der Waals surface area (Å²) >= 11 is 0. The van der Waals surface area contributed by atoms with Gasteiger partial charge >= 0.3 is 0 Å². The number of oxime groups is 1. The van der Waals surface area contributed by atoms with Crippen molar-refractivity contribution in [3.8, 4) is 0 Å². The van der Waals surface area contributed by atoms with Crippen LogP contribution in [-0.2, 0) is 27.0 Å². The Labute approximate surface area is 133 Å². The van der Waals surface area contributed by atoms with Crippen LogP contribution in [0.25, 0.3) is 0 Å². The second kappa shape index (κ2) is 5.96. The van der Waals surface area contributed by atoms with Crippen molar-refractivity contribution in [2.75, 3.05) is 0 Å². The van der Waals surface area contributed by atoms with E-state index in [1.54, 1.807) is 0 Å². The Balaban J connectivity index is 2.49. The molecule has 1 heterocycles. The molecule has 5 nitrogen and oxygen atoms in total. The third kappa shape index (κ3) is 2.86. The number of rotatable bonds is 3. The molecule has 11 heteroatoms. The predicted molar refractivity (Wildman–Crippen MR) is 72.3 cm³/mol. The van der Waals surface area contributed by atoms with Gasteiger partial charge in [-0.05, 0) is 13.8 Å². The van der Waals surface area contributed by atoms with E-state index in [0.717, 1.165) is 0 Å². The van der Waals surface area contributed by atoms with Gasteiger partial charge in [0, 0.05) is 5.56 Å². The lowest BCUT2D eigenvalue weighted by Crippen LogP contribution is -2.38. The fourth-order valence-corrected chi connectivity index (χ4v) is 3.55. The highest BCUT2D eigenvalue weighted by Crippen LogP contribution is 2.31. The quantitative estimate of drug-likeness (QED) is 0.651. The van der Waals surface area contributed by atoms with Crippen LogP contribution < -0.4 is 0 Å². The minimum absolute atomic E-state index is 1.13. The molecule has 0 saturated heterocycles. The molecule has 0 aliphatic carbocycles. The van der Waals surface area contributed by atoms with Crippen LogP contribution in [0.2, 0.25) is 0 Å². The van der Waals surface area contributed by atoms with Crippen molar-refractivity contribution in [2.45, 2.75) is 38.0 Å². The summed E-state index contributed by atoms with van der Waals surface area (Å²) in [5.41, 5.74) is -4.35. The molecule has 0 spiro atoms. The summed E-state index contributed by atoms with van der Waals surface area (Å²) in [5, 5.41) is 10.6. The Morgan fingerprint density at radius 2 is 1.54 bits per heavy atom. The van der Waals surface area contributed by atoms with Crippen LogP contribution in [0.3, 0.4) is 0 Å². The summed E-state index contributed by atoms with van der Waals surface area (Å²) in [6, 6.07) is 0. The molecule has 134 valence electrons. The van der Waals surface area contributed by atoms with E-state index in [1.807, 2.05) is 0 Å². The average molecular weight is 373 g/mol. The topological polar surface area (TPSA) is 76.0 Å². The molecule has 0 radical (unpaired) electrons. The highest BCUT2D eigenvalue weighted by Gasteiger charge is 2.48. The standard InChI is InChI=1S/C13H12F5NO4S/c1-13(2)11(18)12(19-23-13)24(21,22)4-6-9(16)7(14)5(3-20)8(15)10(6)17/h11,20H,3-4H2,1-2H3. The first kappa shape index (κ1) is 18.6. The smallest absolute Gasteiger partial charge is 0.210 e. The van der Waals surface area contributed by atoms with Crippen LogP contribution in [0.5, 0.6) is 0 Å². The Kier molecular flexibility index (Phi) is 4.61. The van der Waals surface area contributed by atoms with E-state index in [0.29, 0.717) is 0 Å². The van der Waals surface area contributed by atoms with Gasteiger partial charge < -0.3 is 9.94 Å². The number of nitrogens with zero attached hydrogens (tertiary/aromatic N) is 1. The molecule has 1 N–H and O–H groups in total. The van der Waals surface area contributed by atoms with Gasteiger partial charge in [-0.1, -0.05) is 5.16 Å². The molecule has 1 aromatic rings. The third-order valence-corrected chi connectivity index (χ3v) is 5.04. The normalized spacial score (nSPS) is 20.0. The van der Waals surface area contributed by atoms with Gasteiger partial charge in [-0.15, -0.1) is 0 Å². The van der Waals surface area contributed by atoms with E-state index in [1.165, 1.54) is 13.8 Å². The van der Waals surface area contributed by atoms with Gasteiger partial charge in [-0.3, -0.25) is 0 Å². The molecule has 0 saturated carbocycles. The maximum absolute atomic E-state index is 14.0. The average Bonchev–Trinajstić information content (AvgIpc) is 2.77. The number of halogens is 5. The maximum Gasteiger partial charge on any atom is 0.210 e. The summed E-state index contributed by atoms with van der Waals surface area (Å²) in [6.07, 6.45) is -2.22. The fraction of sp³-hybridized carbons (Fsp3) is 0.462. The molecule has 2 rings (SSSR count). The first-order chi connectivity index (χ1) is 10.9. The lowest BCUT2D eigenvalue weighted by molar-refractivity contribution is -0.0232. The molecule has 1 aliphatic rings. The van der Waals surface area contributed by atoms with E-state index < -0.39 is 73.4 Å². The van der Waals surface area contributed by atoms with Crippen molar-refractivity contribution in [3.05, 3.63) is 34.4 Å². The van der Waals surface area contributed by atoms with E-state index in [2.05, 4.69) is 9.99 Å². The number of alkyl halides is 1. The molecule has 0 bridgehead atoms. The predicted octanol–water partition coefficient (Wildman–Crippen LogP) is 2.11. The first-order valence-electron chi connectivity index (χ1n) is 6.51. The van der Waals surface area contributed by atoms with E-state index in [-0.39, 0.29) is 0 Å². The molecule has 1 aliphatic heterocycles. The summed E-state index contributed by atoms with van der Waals surface area (Å²) in [7, 11) is -4.76. The molecule has 1 aromatic carbocycles. The molecule has 1 unspecified atom stereocenters. The first-order valence-corrected chi connectivity index (χ1v) is 8.16. The SMILES string of the molecule is CC1(C)ON=C(S(=O)(=O)Cc2c(F)c(F)c(CO)c(F)c2F)C1F. The van der Waals surface area contributed by atoms with E-state index in [4.69, 9.17) is 5.11 Å². The fourth-order valence-electron chi connectivity index (χ4n) is 2.02. The lowest BCUT2D eigenvalue weighted by Gasteiger charge is -2.18. The molecular weight excluding hydrogens is 361 g/mol. The molecule has 0 aromatic heterocycles. The zero-order chi connectivity index (χ0) is 18.4. The number of benzene rings is 1. The van der Waals surface area contributed by atoms with Gasteiger partial charge in [-0.25, -0.2) is 30.4 Å². The van der Waals surface area contributed by atoms with Crippen molar-refractivity contribution < 1.29 is 40.3 Å². The third-order valence-electron chi connectivity index (χ3n) is 3.45. The number of aliphatic hydroxyl groups excluding tert-OH is 1. The van der Waals surface area contributed by atoms with Crippen molar-refractivity contribution in [1.82, 2.24) is 0 Å². The molecule has 1 atom stereocenters. The Morgan fingerprint density at radius 1 is 1.08 bits per heavy atom. The largest absolute Gasteiger partial charge is 0.391 e. The van der Waals surface area contributed by atoms with Gasteiger partial charge in [0.2, 0.25) is 14.9 Å². The summed E-state index contributed by atoms with van der Waals surface area (Å²) in [5.74, 6) is -9.40. The molecular formula is C13H12F5NO4S. The summed E-state index contributed by atoms with van der Waals surface area (Å²) < 4.78 is 93.1. The van der Waals surface area contributed by atoms with Crippen LogP contribution in [0.4, 0.5) is 22.0 Å². The van der Waals surface area contributed by atoms with Gasteiger partial charge in [-0.2, -0.15) is 0 Å². The van der Waals surface area contributed by atoms with E-state index in [9.17, 15) is 30.4 Å². The Morgan fingerprint density at radius 3 is 1.92 bits per heavy atom. The molecule has 0 fully saturated rings. The van der Waals surface area contributed by atoms with Crippen molar-refractivity contribution in [3.63, 3.8) is 0 Å². The minimum atomic E-state index is -4.76. The molecule has 0 amide bonds. The summed E-state index contributed by atoms with van der Waals surface area (Å²) in [4.78, 5) is 4.60. The maximum atomic E-state index is 14.0. The highest BCUT2D eigenvalue weighted by molar-refractivity contribution is 8.05. The highest BCUT2D eigenvalue weighted by atomic mass is 32.2. The monoisotopic (exact) mass is 373 g/mol. The van der Waals surface area contributed by atoms with Crippen LogP contribution >= 0.6 is 0 Å². The van der Waals surface area contributed by atoms with Crippen LogP contribution in [-0.4, -0.2) is 30.3 Å². The number of sulfone groups is 1. The second-order valence-electron chi connectivity index (χ2n) is 5.62. The number of hydrogen-bond donors (Lipinski definition) is 1. The lowest BCUT2D eigenvalue weighted by atomic mass is 10.1. The second-order valence-corrected chi connectivity index (χ2v) is 7.55. The van der Waals surface area contributed by atoms with Gasteiger partial charge in [0.1, 0.15) is 0 Å². The minimum Gasteiger partial charge on any atom is -0.391 e. The zero-order valence-electron chi connectivity index (χ0n) is 12.4. The van der Waals surface area contributed by atoms with Crippen LogP contribution in [0.15, 0.2) is 5.16 Å². The van der Waals surface area contributed by atoms with Crippen molar-refractivity contribution in [1.29, 1.82) is 0 Å². The van der Waals surface area contributed by atoms with Crippen LogP contribution in [0.1, 0.15) is 25.0 Å². The number of aliphatic hydroxyl groups is 1. The van der Waals surface area contributed by atoms with Crippen molar-refractivity contribution in [2.24, 2.45) is 5.16 Å². The van der Waals surface area contributed by atoms with Gasteiger partial charge in [0.25, 0.3) is 0 Å². The summed E-state index contributed by atoms with van der Waals surface area (Å²) in [6.45, 7) is 1.06. The zero-order valence-corrected chi connectivity index (χ0v) is 13.2. The van der Waals surface area contributed by atoms with Gasteiger partial charge in [0.05, 0.1) is 17.9 Å². The van der Waals surface area contributed by atoms with Gasteiger partial charge in [0.15, 0.2) is 35.0 Å². The Hall–Kier alpha value is -1.75.